The van der Waals surface area contributed by atoms with E-state index in [9.17, 15) is 14.7 Å². The van der Waals surface area contributed by atoms with Crippen molar-refractivity contribution in [1.82, 2.24) is 5.32 Å². The lowest BCUT2D eigenvalue weighted by Gasteiger charge is -2.29. The Hall–Kier alpha value is -2.04. The monoisotopic (exact) mass is 263 g/mol. The van der Waals surface area contributed by atoms with E-state index in [0.717, 1.165) is 11.1 Å². The van der Waals surface area contributed by atoms with Gasteiger partial charge in [-0.2, -0.15) is 0 Å². The number of hydrogen-bond acceptors (Lipinski definition) is 3. The molecule has 2 unspecified atom stereocenters. The SMILES string of the molecule is COc1ccc(C)cc1C1CCNC(=O)C1C(=O)O. The summed E-state index contributed by atoms with van der Waals surface area (Å²) in [5, 5.41) is 11.9. The van der Waals surface area contributed by atoms with E-state index >= 15 is 0 Å². The Kier molecular flexibility index (Phi) is 3.74. The van der Waals surface area contributed by atoms with Crippen molar-refractivity contribution < 1.29 is 19.4 Å². The van der Waals surface area contributed by atoms with Crippen LogP contribution in [0.2, 0.25) is 0 Å². The summed E-state index contributed by atoms with van der Waals surface area (Å²) in [6.45, 7) is 2.42. The van der Waals surface area contributed by atoms with Crippen molar-refractivity contribution in [3.63, 3.8) is 0 Å². The van der Waals surface area contributed by atoms with Crippen LogP contribution >= 0.6 is 0 Å². The molecule has 2 atom stereocenters. The lowest BCUT2D eigenvalue weighted by atomic mass is 9.80. The maximum Gasteiger partial charge on any atom is 0.316 e. The molecular formula is C14H17NO4. The van der Waals surface area contributed by atoms with Crippen LogP contribution in [0.15, 0.2) is 18.2 Å². The quantitative estimate of drug-likeness (QED) is 0.806. The maximum absolute atomic E-state index is 11.8. The largest absolute Gasteiger partial charge is 0.496 e. The van der Waals surface area contributed by atoms with E-state index in [1.807, 2.05) is 25.1 Å². The zero-order valence-corrected chi connectivity index (χ0v) is 11.0. The van der Waals surface area contributed by atoms with Crippen molar-refractivity contribution >= 4 is 11.9 Å². The Morgan fingerprint density at radius 1 is 1.47 bits per heavy atom. The van der Waals surface area contributed by atoms with E-state index in [0.29, 0.717) is 18.7 Å². The van der Waals surface area contributed by atoms with Gasteiger partial charge in [0.25, 0.3) is 0 Å². The second-order valence-corrected chi connectivity index (χ2v) is 4.75. The van der Waals surface area contributed by atoms with Gasteiger partial charge >= 0.3 is 5.97 Å². The highest BCUT2D eigenvalue weighted by atomic mass is 16.5. The van der Waals surface area contributed by atoms with Crippen molar-refractivity contribution in [2.24, 2.45) is 5.92 Å². The van der Waals surface area contributed by atoms with E-state index < -0.39 is 17.8 Å². The van der Waals surface area contributed by atoms with Crippen LogP contribution in [0.4, 0.5) is 0 Å². The number of carbonyl (C=O) groups excluding carboxylic acids is 1. The molecule has 1 aromatic carbocycles. The Bertz CT molecular complexity index is 512. The summed E-state index contributed by atoms with van der Waals surface area (Å²) < 4.78 is 5.29. The number of ether oxygens (including phenoxy) is 1. The van der Waals surface area contributed by atoms with Crippen LogP contribution in [0, 0.1) is 12.8 Å². The fraction of sp³-hybridized carbons (Fsp3) is 0.429. The van der Waals surface area contributed by atoms with Crippen molar-refractivity contribution in [3.05, 3.63) is 29.3 Å². The van der Waals surface area contributed by atoms with Crippen molar-refractivity contribution in [1.29, 1.82) is 0 Å². The van der Waals surface area contributed by atoms with Crippen LogP contribution < -0.4 is 10.1 Å². The second-order valence-electron chi connectivity index (χ2n) is 4.75. The predicted octanol–water partition coefficient (Wildman–Crippen LogP) is 1.31. The Morgan fingerprint density at radius 3 is 2.84 bits per heavy atom. The third-order valence-electron chi connectivity index (χ3n) is 3.49. The van der Waals surface area contributed by atoms with Gasteiger partial charge in [-0.05, 0) is 25.0 Å². The summed E-state index contributed by atoms with van der Waals surface area (Å²) in [7, 11) is 1.55. The number of rotatable bonds is 3. The summed E-state index contributed by atoms with van der Waals surface area (Å²) in [5.41, 5.74) is 1.82. The van der Waals surface area contributed by atoms with E-state index in [-0.39, 0.29) is 5.92 Å². The summed E-state index contributed by atoms with van der Waals surface area (Å²) >= 11 is 0. The highest BCUT2D eigenvalue weighted by molar-refractivity contribution is 5.98. The number of carbonyl (C=O) groups is 2. The molecule has 2 N–H and O–H groups in total. The first-order valence-corrected chi connectivity index (χ1v) is 6.19. The van der Waals surface area contributed by atoms with Gasteiger partial charge in [-0.25, -0.2) is 0 Å². The van der Waals surface area contributed by atoms with E-state index in [1.165, 1.54) is 0 Å². The molecule has 0 bridgehead atoms. The molecule has 102 valence electrons. The Labute approximate surface area is 111 Å². The molecule has 2 rings (SSSR count). The molecule has 0 saturated carbocycles. The molecule has 0 aliphatic carbocycles. The van der Waals surface area contributed by atoms with Gasteiger partial charge in [-0.3, -0.25) is 9.59 Å². The lowest BCUT2D eigenvalue weighted by molar-refractivity contribution is -0.149. The van der Waals surface area contributed by atoms with Crippen LogP contribution in [-0.2, 0) is 9.59 Å². The van der Waals surface area contributed by atoms with Gasteiger partial charge in [0, 0.05) is 12.5 Å². The topological polar surface area (TPSA) is 75.6 Å². The van der Waals surface area contributed by atoms with Gasteiger partial charge in [-0.15, -0.1) is 0 Å². The first kappa shape index (κ1) is 13.4. The molecule has 1 aliphatic heterocycles. The lowest BCUT2D eigenvalue weighted by Crippen LogP contribution is -2.44. The number of piperidine rings is 1. The van der Waals surface area contributed by atoms with E-state index in [1.54, 1.807) is 7.11 Å². The molecular weight excluding hydrogens is 246 g/mol. The predicted molar refractivity (Wildman–Crippen MR) is 69.2 cm³/mol. The van der Waals surface area contributed by atoms with Crippen LogP contribution in [0.25, 0.3) is 0 Å². The molecule has 0 spiro atoms. The normalized spacial score (nSPS) is 22.7. The average Bonchev–Trinajstić information content (AvgIpc) is 2.37. The standard InChI is InChI=1S/C14H17NO4/c1-8-3-4-11(19-2)10(7-8)9-5-6-15-13(16)12(9)14(17)18/h3-4,7,9,12H,5-6H2,1-2H3,(H,15,16)(H,17,18). The summed E-state index contributed by atoms with van der Waals surface area (Å²) in [6.07, 6.45) is 0.600. The third-order valence-corrected chi connectivity index (χ3v) is 3.49. The van der Waals surface area contributed by atoms with E-state index in [4.69, 9.17) is 4.74 Å². The highest BCUT2D eigenvalue weighted by Crippen LogP contribution is 2.37. The second kappa shape index (κ2) is 5.30. The minimum atomic E-state index is -1.09. The Balaban J connectivity index is 2.45. The highest BCUT2D eigenvalue weighted by Gasteiger charge is 2.39. The van der Waals surface area contributed by atoms with Crippen molar-refractivity contribution in [3.8, 4) is 5.75 Å². The fourth-order valence-corrected chi connectivity index (χ4v) is 2.57. The smallest absolute Gasteiger partial charge is 0.316 e. The summed E-state index contributed by atoms with van der Waals surface area (Å²) in [4.78, 5) is 23.1. The number of aryl methyl sites for hydroxylation is 1. The summed E-state index contributed by atoms with van der Waals surface area (Å²) in [5.74, 6) is -2.28. The molecule has 0 aromatic heterocycles. The minimum Gasteiger partial charge on any atom is -0.496 e. The molecule has 0 radical (unpaired) electrons. The molecule has 1 heterocycles. The number of aliphatic carboxylic acids is 1. The zero-order chi connectivity index (χ0) is 14.0. The Morgan fingerprint density at radius 2 is 2.21 bits per heavy atom. The number of benzene rings is 1. The van der Waals surface area contributed by atoms with Gasteiger partial charge in [0.1, 0.15) is 11.7 Å². The third kappa shape index (κ3) is 2.54. The number of amides is 1. The number of carboxylic acid groups (broad SMARTS) is 1. The van der Waals surface area contributed by atoms with Gasteiger partial charge in [-0.1, -0.05) is 17.7 Å². The summed E-state index contributed by atoms with van der Waals surface area (Å²) in [6, 6.07) is 5.62. The fourth-order valence-electron chi connectivity index (χ4n) is 2.57. The molecule has 19 heavy (non-hydrogen) atoms. The molecule has 1 saturated heterocycles. The van der Waals surface area contributed by atoms with Crippen LogP contribution in [0.1, 0.15) is 23.5 Å². The van der Waals surface area contributed by atoms with Crippen LogP contribution in [0.3, 0.4) is 0 Å². The molecule has 1 aromatic rings. The van der Waals surface area contributed by atoms with Gasteiger partial charge in [0.2, 0.25) is 5.91 Å². The van der Waals surface area contributed by atoms with Crippen molar-refractivity contribution in [2.45, 2.75) is 19.3 Å². The first-order valence-electron chi connectivity index (χ1n) is 6.19. The molecule has 5 heteroatoms. The molecule has 1 aliphatic rings. The van der Waals surface area contributed by atoms with Gasteiger partial charge in [0.05, 0.1) is 7.11 Å². The van der Waals surface area contributed by atoms with Gasteiger partial charge in [0.15, 0.2) is 0 Å². The minimum absolute atomic E-state index is 0.346. The molecule has 1 amide bonds. The maximum atomic E-state index is 11.8. The zero-order valence-electron chi connectivity index (χ0n) is 11.0. The van der Waals surface area contributed by atoms with E-state index in [2.05, 4.69) is 5.32 Å². The molecule has 1 fully saturated rings. The van der Waals surface area contributed by atoms with Crippen molar-refractivity contribution in [2.75, 3.05) is 13.7 Å². The van der Waals surface area contributed by atoms with Gasteiger partial charge < -0.3 is 15.2 Å². The number of nitrogens with one attached hydrogen (secondary N) is 1. The first-order chi connectivity index (χ1) is 9.04. The number of hydrogen-bond donors (Lipinski definition) is 2. The molecule has 5 nitrogen and oxygen atoms in total. The number of carboxylic acids is 1. The number of methoxy groups -OCH3 is 1. The van der Waals surface area contributed by atoms with Crippen LogP contribution in [0.5, 0.6) is 5.75 Å². The average molecular weight is 263 g/mol. The van der Waals surface area contributed by atoms with Crippen LogP contribution in [-0.4, -0.2) is 30.6 Å².